The van der Waals surface area contributed by atoms with Crippen LogP contribution in [0.2, 0.25) is 5.02 Å². The maximum absolute atomic E-state index is 6.24. The molecule has 0 unspecified atom stereocenters. The molecule has 0 spiro atoms. The van der Waals surface area contributed by atoms with E-state index in [0.717, 1.165) is 17.0 Å². The normalized spacial score (nSPS) is 10.8. The molecule has 0 radical (unpaired) electrons. The van der Waals surface area contributed by atoms with Gasteiger partial charge in [-0.15, -0.1) is 0 Å². The third kappa shape index (κ3) is 3.85. The molecule has 3 rings (SSSR count). The Balaban J connectivity index is 1.95. The van der Waals surface area contributed by atoms with Gasteiger partial charge in [-0.3, -0.25) is 9.97 Å². The molecule has 0 aliphatic rings. The second kappa shape index (κ2) is 6.75. The maximum Gasteiger partial charge on any atom is 0.119 e. The molecule has 0 amide bonds. The van der Waals surface area contributed by atoms with Crippen molar-refractivity contribution in [2.45, 2.75) is 20.0 Å². The Kier molecular flexibility index (Phi) is 4.53. The summed E-state index contributed by atoms with van der Waals surface area (Å²) in [4.78, 5) is 13.0. The number of aromatic nitrogens is 3. The van der Waals surface area contributed by atoms with Gasteiger partial charge in [-0.1, -0.05) is 11.6 Å². The number of hydrogen-bond donors (Lipinski definition) is 0. The van der Waals surface area contributed by atoms with Crippen molar-refractivity contribution in [1.82, 2.24) is 15.0 Å². The van der Waals surface area contributed by atoms with Gasteiger partial charge in [0.15, 0.2) is 0 Å². The Bertz CT molecular complexity index is 789. The molecule has 3 aromatic rings. The van der Waals surface area contributed by atoms with Gasteiger partial charge in [-0.2, -0.15) is 0 Å². The Morgan fingerprint density at radius 1 is 0.957 bits per heavy atom. The Labute approximate surface area is 140 Å². The average molecular weight is 326 g/mol. The number of rotatable bonds is 4. The quantitative estimate of drug-likeness (QED) is 0.700. The number of halogens is 1. The fourth-order valence-corrected chi connectivity index (χ4v) is 2.39. The van der Waals surface area contributed by atoms with Crippen LogP contribution in [0.4, 0.5) is 0 Å². The van der Waals surface area contributed by atoms with E-state index in [0.29, 0.717) is 16.4 Å². The standard InChI is InChI=1S/C18H16ClN3O/c1-12(2)23-15-5-3-13(4-6-15)16-9-14(19)10-17(22-16)18-11-20-7-8-21-18/h3-12H,1-2H3. The van der Waals surface area contributed by atoms with E-state index >= 15 is 0 Å². The zero-order chi connectivity index (χ0) is 16.2. The third-order valence-corrected chi connectivity index (χ3v) is 3.36. The van der Waals surface area contributed by atoms with Gasteiger partial charge in [0, 0.05) is 23.0 Å². The van der Waals surface area contributed by atoms with Crippen molar-refractivity contribution in [2.24, 2.45) is 0 Å². The smallest absolute Gasteiger partial charge is 0.119 e. The zero-order valence-corrected chi connectivity index (χ0v) is 13.7. The number of pyridine rings is 1. The molecule has 0 aliphatic carbocycles. The van der Waals surface area contributed by atoms with Gasteiger partial charge in [0.25, 0.3) is 0 Å². The Morgan fingerprint density at radius 3 is 2.35 bits per heavy atom. The minimum Gasteiger partial charge on any atom is -0.491 e. The van der Waals surface area contributed by atoms with E-state index in [9.17, 15) is 0 Å². The van der Waals surface area contributed by atoms with Crippen molar-refractivity contribution in [1.29, 1.82) is 0 Å². The van der Waals surface area contributed by atoms with Crippen LogP contribution in [-0.4, -0.2) is 21.1 Å². The van der Waals surface area contributed by atoms with Crippen LogP contribution in [0.3, 0.4) is 0 Å². The minimum atomic E-state index is 0.147. The molecule has 2 heterocycles. The van der Waals surface area contributed by atoms with Crippen LogP contribution in [0.1, 0.15) is 13.8 Å². The largest absolute Gasteiger partial charge is 0.491 e. The highest BCUT2D eigenvalue weighted by Gasteiger charge is 2.08. The van der Waals surface area contributed by atoms with E-state index in [-0.39, 0.29) is 6.10 Å². The first-order valence-electron chi connectivity index (χ1n) is 7.33. The van der Waals surface area contributed by atoms with Gasteiger partial charge < -0.3 is 4.74 Å². The zero-order valence-electron chi connectivity index (χ0n) is 12.9. The number of nitrogens with zero attached hydrogens (tertiary/aromatic N) is 3. The Morgan fingerprint density at radius 2 is 1.70 bits per heavy atom. The molecule has 0 fully saturated rings. The molecule has 0 atom stereocenters. The summed E-state index contributed by atoms with van der Waals surface area (Å²) in [6.07, 6.45) is 5.08. The van der Waals surface area contributed by atoms with Gasteiger partial charge in [-0.25, -0.2) is 4.98 Å². The molecule has 0 bridgehead atoms. The average Bonchev–Trinajstić information content (AvgIpc) is 2.55. The first-order valence-corrected chi connectivity index (χ1v) is 7.70. The third-order valence-electron chi connectivity index (χ3n) is 3.14. The van der Waals surface area contributed by atoms with E-state index in [1.165, 1.54) is 0 Å². The van der Waals surface area contributed by atoms with E-state index in [1.54, 1.807) is 24.7 Å². The second-order valence-corrected chi connectivity index (χ2v) is 5.77. The van der Waals surface area contributed by atoms with Crippen molar-refractivity contribution >= 4 is 11.6 Å². The molecule has 0 N–H and O–H groups in total. The monoisotopic (exact) mass is 325 g/mol. The number of ether oxygens (including phenoxy) is 1. The molecular formula is C18H16ClN3O. The predicted octanol–water partition coefficient (Wildman–Crippen LogP) is 4.65. The van der Waals surface area contributed by atoms with E-state index < -0.39 is 0 Å². The topological polar surface area (TPSA) is 47.9 Å². The predicted molar refractivity (Wildman–Crippen MR) is 91.5 cm³/mol. The van der Waals surface area contributed by atoms with Crippen LogP contribution in [-0.2, 0) is 0 Å². The van der Waals surface area contributed by atoms with Gasteiger partial charge in [0.05, 0.1) is 23.7 Å². The van der Waals surface area contributed by atoms with Crippen molar-refractivity contribution in [3.63, 3.8) is 0 Å². The van der Waals surface area contributed by atoms with Gasteiger partial charge in [0.1, 0.15) is 11.4 Å². The molecule has 5 heteroatoms. The molecule has 0 aliphatic heterocycles. The number of benzene rings is 1. The molecule has 1 aromatic carbocycles. The lowest BCUT2D eigenvalue weighted by atomic mass is 10.1. The van der Waals surface area contributed by atoms with Gasteiger partial charge in [-0.05, 0) is 50.2 Å². The highest BCUT2D eigenvalue weighted by Crippen LogP contribution is 2.27. The van der Waals surface area contributed by atoms with Crippen molar-refractivity contribution in [3.05, 3.63) is 60.0 Å². The van der Waals surface area contributed by atoms with Crippen LogP contribution in [0.15, 0.2) is 55.0 Å². The molecular weight excluding hydrogens is 310 g/mol. The summed E-state index contributed by atoms with van der Waals surface area (Å²) in [6.45, 7) is 4.00. The minimum absolute atomic E-state index is 0.147. The molecule has 23 heavy (non-hydrogen) atoms. The van der Waals surface area contributed by atoms with Gasteiger partial charge >= 0.3 is 0 Å². The summed E-state index contributed by atoms with van der Waals surface area (Å²) in [5.74, 6) is 0.833. The lowest BCUT2D eigenvalue weighted by Crippen LogP contribution is -2.05. The van der Waals surface area contributed by atoms with E-state index in [2.05, 4.69) is 15.0 Å². The van der Waals surface area contributed by atoms with Crippen LogP contribution in [0.25, 0.3) is 22.6 Å². The summed E-state index contributed by atoms with van der Waals surface area (Å²) in [7, 11) is 0. The van der Waals surface area contributed by atoms with E-state index in [4.69, 9.17) is 16.3 Å². The first kappa shape index (κ1) is 15.4. The highest BCUT2D eigenvalue weighted by atomic mass is 35.5. The lowest BCUT2D eigenvalue weighted by molar-refractivity contribution is 0.242. The number of hydrogen-bond acceptors (Lipinski definition) is 4. The fraction of sp³-hybridized carbons (Fsp3) is 0.167. The summed E-state index contributed by atoms with van der Waals surface area (Å²) < 4.78 is 5.66. The second-order valence-electron chi connectivity index (χ2n) is 5.34. The van der Waals surface area contributed by atoms with Crippen molar-refractivity contribution in [2.75, 3.05) is 0 Å². The van der Waals surface area contributed by atoms with Crippen LogP contribution in [0, 0.1) is 0 Å². The summed E-state index contributed by atoms with van der Waals surface area (Å²) >= 11 is 6.24. The lowest BCUT2D eigenvalue weighted by Gasteiger charge is -2.10. The fourth-order valence-electron chi connectivity index (χ4n) is 2.18. The van der Waals surface area contributed by atoms with Crippen LogP contribution in [0.5, 0.6) is 5.75 Å². The summed E-state index contributed by atoms with van der Waals surface area (Å²) in [6, 6.07) is 11.4. The molecule has 4 nitrogen and oxygen atoms in total. The van der Waals surface area contributed by atoms with E-state index in [1.807, 2.05) is 44.2 Å². The summed E-state index contributed by atoms with van der Waals surface area (Å²) in [5, 5.41) is 0.609. The first-order chi connectivity index (χ1) is 11.1. The van der Waals surface area contributed by atoms with Crippen molar-refractivity contribution < 1.29 is 4.74 Å². The molecule has 116 valence electrons. The molecule has 0 saturated heterocycles. The molecule has 0 saturated carbocycles. The van der Waals surface area contributed by atoms with Crippen LogP contribution < -0.4 is 4.74 Å². The molecule has 2 aromatic heterocycles. The Hall–Kier alpha value is -2.46. The van der Waals surface area contributed by atoms with Crippen LogP contribution >= 0.6 is 11.6 Å². The highest BCUT2D eigenvalue weighted by molar-refractivity contribution is 6.31. The maximum atomic E-state index is 6.24. The van der Waals surface area contributed by atoms with Crippen molar-refractivity contribution in [3.8, 4) is 28.4 Å². The van der Waals surface area contributed by atoms with Gasteiger partial charge in [0.2, 0.25) is 0 Å². The summed E-state index contributed by atoms with van der Waals surface area (Å²) in [5.41, 5.74) is 3.14. The SMILES string of the molecule is CC(C)Oc1ccc(-c2cc(Cl)cc(-c3cnccn3)n2)cc1.